The van der Waals surface area contributed by atoms with Crippen molar-refractivity contribution < 1.29 is 19.0 Å². The number of rotatable bonds is 9. The molecule has 1 saturated heterocycles. The summed E-state index contributed by atoms with van der Waals surface area (Å²) in [4.78, 5) is 12.4. The Balaban J connectivity index is 1.62. The van der Waals surface area contributed by atoms with Crippen molar-refractivity contribution in [3.05, 3.63) is 59.0 Å². The number of amides is 1. The van der Waals surface area contributed by atoms with Crippen LogP contribution in [0.4, 0.5) is 0 Å². The van der Waals surface area contributed by atoms with E-state index in [1.54, 1.807) is 6.08 Å². The van der Waals surface area contributed by atoms with E-state index in [9.17, 15) is 4.79 Å². The van der Waals surface area contributed by atoms with Crippen molar-refractivity contribution in [3.63, 3.8) is 0 Å². The largest absolute Gasteiger partial charge is 0.493 e. The molecule has 2 aromatic carbocycles. The highest BCUT2D eigenvalue weighted by Gasteiger charge is 2.22. The van der Waals surface area contributed by atoms with E-state index in [1.807, 2.05) is 55.5 Å². The maximum absolute atomic E-state index is 11.9. The lowest BCUT2D eigenvalue weighted by atomic mass is 10.1. The molecule has 1 amide bonds. The third-order valence-electron chi connectivity index (χ3n) is 4.01. The van der Waals surface area contributed by atoms with E-state index in [1.165, 1.54) is 11.8 Å². The maximum Gasteiger partial charge on any atom is 0.263 e. The number of hydrogen-bond donors (Lipinski definition) is 1. The Morgan fingerprint density at radius 3 is 2.52 bits per heavy atom. The number of para-hydroxylation sites is 1. The number of hydrogen-bond acceptors (Lipinski definition) is 6. The number of carbonyl (C=O) groups excluding carboxylic acids is 1. The predicted octanol–water partition coefficient (Wildman–Crippen LogP) is 4.67. The van der Waals surface area contributed by atoms with E-state index in [-0.39, 0.29) is 11.8 Å². The monoisotopic (exact) mass is 429 g/mol. The maximum atomic E-state index is 11.9. The predicted molar refractivity (Wildman–Crippen MR) is 121 cm³/mol. The van der Waals surface area contributed by atoms with Gasteiger partial charge in [-0.05, 0) is 42.8 Å². The summed E-state index contributed by atoms with van der Waals surface area (Å²) in [6.07, 6.45) is 1.79. The highest BCUT2D eigenvalue weighted by Crippen LogP contribution is 2.32. The van der Waals surface area contributed by atoms with Crippen LogP contribution in [0.25, 0.3) is 6.08 Å². The minimum atomic E-state index is -0.175. The summed E-state index contributed by atoms with van der Waals surface area (Å²) in [5.41, 5.74) is 0.851. The summed E-state index contributed by atoms with van der Waals surface area (Å²) in [7, 11) is 0. The fourth-order valence-electron chi connectivity index (χ4n) is 2.61. The SMILES string of the molecule is CCOc1cc(C=C2SC(=S)NC2=O)ccc1OCC(C)COc1ccccc1. The van der Waals surface area contributed by atoms with Crippen LogP contribution in [0.1, 0.15) is 19.4 Å². The van der Waals surface area contributed by atoms with Gasteiger partial charge >= 0.3 is 0 Å². The molecule has 1 heterocycles. The highest BCUT2D eigenvalue weighted by molar-refractivity contribution is 8.26. The molecule has 7 heteroatoms. The first-order valence-electron chi connectivity index (χ1n) is 9.37. The van der Waals surface area contributed by atoms with Crippen LogP contribution in [-0.4, -0.2) is 30.0 Å². The number of benzene rings is 2. The fraction of sp³-hybridized carbons (Fsp3) is 0.273. The van der Waals surface area contributed by atoms with Crippen molar-refractivity contribution in [2.24, 2.45) is 5.92 Å². The third-order valence-corrected chi connectivity index (χ3v) is 5.17. The first kappa shape index (κ1) is 21.2. The summed E-state index contributed by atoms with van der Waals surface area (Å²) < 4.78 is 18.0. The van der Waals surface area contributed by atoms with Crippen molar-refractivity contribution >= 4 is 40.3 Å². The molecule has 0 radical (unpaired) electrons. The number of ether oxygens (including phenoxy) is 3. The Bertz CT molecular complexity index is 899. The second kappa shape index (κ2) is 10.3. The Morgan fingerprint density at radius 1 is 1.07 bits per heavy atom. The molecule has 1 aliphatic rings. The Hall–Kier alpha value is -2.51. The minimum absolute atomic E-state index is 0.175. The third kappa shape index (κ3) is 6.24. The van der Waals surface area contributed by atoms with Gasteiger partial charge in [0.1, 0.15) is 10.1 Å². The molecule has 1 atom stereocenters. The van der Waals surface area contributed by atoms with Crippen LogP contribution in [0.3, 0.4) is 0 Å². The van der Waals surface area contributed by atoms with Crippen LogP contribution in [-0.2, 0) is 4.79 Å². The molecule has 29 heavy (non-hydrogen) atoms. The average Bonchev–Trinajstić information content (AvgIpc) is 3.03. The smallest absolute Gasteiger partial charge is 0.263 e. The molecular weight excluding hydrogens is 406 g/mol. The van der Waals surface area contributed by atoms with Crippen molar-refractivity contribution in [2.45, 2.75) is 13.8 Å². The van der Waals surface area contributed by atoms with Crippen molar-refractivity contribution in [1.82, 2.24) is 5.32 Å². The lowest BCUT2D eigenvalue weighted by Crippen LogP contribution is -2.17. The molecule has 0 bridgehead atoms. The van der Waals surface area contributed by atoms with E-state index in [2.05, 4.69) is 12.2 Å². The molecule has 2 aromatic rings. The lowest BCUT2D eigenvalue weighted by Gasteiger charge is -2.17. The first-order chi connectivity index (χ1) is 14.0. The molecule has 1 aliphatic heterocycles. The standard InChI is InChI=1S/C22H23NO4S2/c1-3-25-19-11-16(12-20-21(24)23-22(28)29-20)9-10-18(19)27-14-15(2)13-26-17-7-5-4-6-8-17/h4-12,15H,3,13-14H2,1-2H3,(H,23,24,28). The van der Waals surface area contributed by atoms with Crippen molar-refractivity contribution in [1.29, 1.82) is 0 Å². The first-order valence-corrected chi connectivity index (χ1v) is 10.6. The van der Waals surface area contributed by atoms with E-state index in [4.69, 9.17) is 26.4 Å². The molecule has 5 nitrogen and oxygen atoms in total. The Kier molecular flexibility index (Phi) is 7.55. The van der Waals surface area contributed by atoms with Crippen LogP contribution in [0, 0.1) is 5.92 Å². The van der Waals surface area contributed by atoms with Crippen molar-refractivity contribution in [3.8, 4) is 17.2 Å². The van der Waals surface area contributed by atoms with Gasteiger partial charge < -0.3 is 19.5 Å². The van der Waals surface area contributed by atoms with Gasteiger partial charge in [0.15, 0.2) is 11.5 Å². The average molecular weight is 430 g/mol. The van der Waals surface area contributed by atoms with Gasteiger partial charge in [-0.2, -0.15) is 0 Å². The summed E-state index contributed by atoms with van der Waals surface area (Å²) in [5, 5.41) is 2.61. The lowest BCUT2D eigenvalue weighted by molar-refractivity contribution is -0.115. The Morgan fingerprint density at radius 2 is 1.83 bits per heavy atom. The van der Waals surface area contributed by atoms with Gasteiger partial charge in [0.25, 0.3) is 5.91 Å². The quantitative estimate of drug-likeness (QED) is 0.462. The normalized spacial score (nSPS) is 15.9. The Labute approximate surface area is 180 Å². The van der Waals surface area contributed by atoms with Gasteiger partial charge in [-0.3, -0.25) is 4.79 Å². The van der Waals surface area contributed by atoms with E-state index in [0.29, 0.717) is 40.5 Å². The number of thiocarbonyl (C=S) groups is 1. The fourth-order valence-corrected chi connectivity index (χ4v) is 3.65. The zero-order chi connectivity index (χ0) is 20.6. The number of carbonyl (C=O) groups is 1. The van der Waals surface area contributed by atoms with Crippen molar-refractivity contribution in [2.75, 3.05) is 19.8 Å². The summed E-state index contributed by atoms with van der Waals surface area (Å²) in [6, 6.07) is 15.3. The van der Waals surface area contributed by atoms with E-state index in [0.717, 1.165) is 11.3 Å². The van der Waals surface area contributed by atoms with E-state index < -0.39 is 0 Å². The summed E-state index contributed by atoms with van der Waals surface area (Å²) >= 11 is 6.28. The topological polar surface area (TPSA) is 56.8 Å². The zero-order valence-electron chi connectivity index (χ0n) is 16.3. The summed E-state index contributed by atoms with van der Waals surface area (Å²) in [6.45, 7) is 5.57. The minimum Gasteiger partial charge on any atom is -0.493 e. The number of nitrogens with one attached hydrogen (secondary N) is 1. The molecule has 0 aliphatic carbocycles. The van der Waals surface area contributed by atoms with Crippen LogP contribution < -0.4 is 19.5 Å². The molecule has 1 unspecified atom stereocenters. The van der Waals surface area contributed by atoms with Gasteiger partial charge in [-0.25, -0.2) is 0 Å². The van der Waals surface area contributed by atoms with Gasteiger partial charge in [0.2, 0.25) is 0 Å². The highest BCUT2D eigenvalue weighted by atomic mass is 32.2. The van der Waals surface area contributed by atoms with Crippen LogP contribution in [0.5, 0.6) is 17.2 Å². The van der Waals surface area contributed by atoms with Crippen LogP contribution in [0.15, 0.2) is 53.4 Å². The molecule has 0 aromatic heterocycles. The molecule has 1 fully saturated rings. The van der Waals surface area contributed by atoms with E-state index >= 15 is 0 Å². The van der Waals surface area contributed by atoms with Gasteiger partial charge in [0.05, 0.1) is 24.7 Å². The second-order valence-corrected chi connectivity index (χ2v) is 8.25. The van der Waals surface area contributed by atoms with Gasteiger partial charge in [-0.1, -0.05) is 55.2 Å². The molecule has 0 spiro atoms. The van der Waals surface area contributed by atoms with Gasteiger partial charge in [0, 0.05) is 5.92 Å². The molecule has 0 saturated carbocycles. The zero-order valence-corrected chi connectivity index (χ0v) is 18.0. The van der Waals surface area contributed by atoms with Crippen LogP contribution in [0.2, 0.25) is 0 Å². The van der Waals surface area contributed by atoms with Gasteiger partial charge in [-0.15, -0.1) is 0 Å². The molecule has 152 valence electrons. The second-order valence-electron chi connectivity index (χ2n) is 6.53. The molecule has 3 rings (SSSR count). The molecular formula is C22H23NO4S2. The number of thioether (sulfide) groups is 1. The molecule has 1 N–H and O–H groups in total. The van der Waals surface area contributed by atoms with Crippen LogP contribution >= 0.6 is 24.0 Å². The summed E-state index contributed by atoms with van der Waals surface area (Å²) in [5.74, 6) is 2.18.